The number of hydrogen-bond donors (Lipinski definition) is 1. The van der Waals surface area contributed by atoms with Gasteiger partial charge in [-0.15, -0.1) is 0 Å². The minimum atomic E-state index is -0.340. The molecule has 1 aliphatic rings. The molecule has 128 valence electrons. The Bertz CT molecular complexity index is 833. The molecule has 3 rings (SSSR count). The first-order valence-corrected chi connectivity index (χ1v) is 8.13. The predicted molar refractivity (Wildman–Crippen MR) is 92.0 cm³/mol. The summed E-state index contributed by atoms with van der Waals surface area (Å²) >= 11 is 0. The van der Waals surface area contributed by atoms with Crippen LogP contribution in [0.1, 0.15) is 51.2 Å². The topological polar surface area (TPSA) is 79.4 Å². The van der Waals surface area contributed by atoms with Crippen molar-refractivity contribution in [2.75, 3.05) is 6.54 Å². The van der Waals surface area contributed by atoms with Crippen molar-refractivity contribution in [1.29, 1.82) is 0 Å². The molecule has 1 aliphatic heterocycles. The van der Waals surface area contributed by atoms with Crippen LogP contribution < -0.4 is 5.32 Å². The van der Waals surface area contributed by atoms with Gasteiger partial charge in [0.05, 0.1) is 17.2 Å². The molecule has 0 saturated heterocycles. The second-order valence-electron chi connectivity index (χ2n) is 6.14. The molecule has 0 fully saturated rings. The van der Waals surface area contributed by atoms with Crippen LogP contribution in [0.3, 0.4) is 0 Å². The van der Waals surface area contributed by atoms with Gasteiger partial charge in [-0.25, -0.2) is 0 Å². The fourth-order valence-electron chi connectivity index (χ4n) is 2.85. The Balaban J connectivity index is 1.60. The van der Waals surface area contributed by atoms with Crippen LogP contribution in [0, 0.1) is 6.92 Å². The van der Waals surface area contributed by atoms with Crippen LogP contribution >= 0.6 is 0 Å². The largest absolute Gasteiger partial charge is 0.349 e. The number of benzene rings is 1. The van der Waals surface area contributed by atoms with E-state index in [1.165, 1.54) is 0 Å². The van der Waals surface area contributed by atoms with Gasteiger partial charge in [0.25, 0.3) is 11.8 Å². The van der Waals surface area contributed by atoms with Gasteiger partial charge in [0.2, 0.25) is 5.91 Å². The van der Waals surface area contributed by atoms with Gasteiger partial charge in [-0.05, 0) is 37.6 Å². The van der Waals surface area contributed by atoms with Crippen molar-refractivity contribution in [3.05, 3.63) is 65.0 Å². The Labute approximate surface area is 145 Å². The molecule has 0 spiro atoms. The summed E-state index contributed by atoms with van der Waals surface area (Å²) in [7, 11) is 0. The summed E-state index contributed by atoms with van der Waals surface area (Å²) in [5.74, 6) is -0.894. The Morgan fingerprint density at radius 1 is 1.20 bits per heavy atom. The minimum Gasteiger partial charge on any atom is -0.349 e. The van der Waals surface area contributed by atoms with Crippen LogP contribution in [0.5, 0.6) is 0 Å². The van der Waals surface area contributed by atoms with Crippen LogP contribution in [0.25, 0.3) is 0 Å². The average Bonchev–Trinajstić information content (AvgIpc) is 2.84. The second kappa shape index (κ2) is 6.84. The zero-order chi connectivity index (χ0) is 18.0. The molecule has 1 aromatic carbocycles. The Morgan fingerprint density at radius 2 is 1.96 bits per heavy atom. The first-order chi connectivity index (χ1) is 12.0. The summed E-state index contributed by atoms with van der Waals surface area (Å²) in [4.78, 5) is 42.0. The monoisotopic (exact) mass is 337 g/mol. The third-order valence-corrected chi connectivity index (χ3v) is 4.25. The van der Waals surface area contributed by atoms with Crippen molar-refractivity contribution in [1.82, 2.24) is 15.2 Å². The number of carbonyl (C=O) groups is 3. The molecule has 1 N–H and O–H groups in total. The van der Waals surface area contributed by atoms with Crippen molar-refractivity contribution in [3.8, 4) is 0 Å². The van der Waals surface area contributed by atoms with Gasteiger partial charge in [0, 0.05) is 25.4 Å². The van der Waals surface area contributed by atoms with Crippen LogP contribution in [0.15, 0.2) is 42.7 Å². The SMILES string of the molecule is Cc1ccc2c(c1)C(=O)N(CCC(=O)NC(C)c1cccnc1)C2=O. The van der Waals surface area contributed by atoms with Crippen LogP contribution in [-0.4, -0.2) is 34.2 Å². The lowest BCUT2D eigenvalue weighted by Crippen LogP contribution is -2.35. The van der Waals surface area contributed by atoms with E-state index in [0.29, 0.717) is 11.1 Å². The van der Waals surface area contributed by atoms with Crippen molar-refractivity contribution in [2.24, 2.45) is 0 Å². The van der Waals surface area contributed by atoms with Crippen molar-refractivity contribution in [3.63, 3.8) is 0 Å². The number of hydrogen-bond acceptors (Lipinski definition) is 4. The Kier molecular flexibility index (Phi) is 4.61. The number of fused-ring (bicyclic) bond motifs is 1. The van der Waals surface area contributed by atoms with E-state index in [9.17, 15) is 14.4 Å². The first-order valence-electron chi connectivity index (χ1n) is 8.13. The van der Waals surface area contributed by atoms with Gasteiger partial charge in [0.1, 0.15) is 0 Å². The zero-order valence-electron chi connectivity index (χ0n) is 14.2. The summed E-state index contributed by atoms with van der Waals surface area (Å²) in [6.07, 6.45) is 3.43. The highest BCUT2D eigenvalue weighted by atomic mass is 16.2. The molecule has 25 heavy (non-hydrogen) atoms. The molecule has 2 heterocycles. The molecule has 1 atom stereocenters. The fraction of sp³-hybridized carbons (Fsp3) is 0.263. The van der Waals surface area contributed by atoms with Crippen LogP contribution in [0.2, 0.25) is 0 Å². The third-order valence-electron chi connectivity index (χ3n) is 4.25. The number of aromatic nitrogens is 1. The molecule has 6 heteroatoms. The average molecular weight is 337 g/mol. The van der Waals surface area contributed by atoms with Gasteiger partial charge in [-0.1, -0.05) is 17.7 Å². The van der Waals surface area contributed by atoms with Crippen LogP contribution in [0.4, 0.5) is 0 Å². The molecule has 0 saturated carbocycles. The number of aryl methyl sites for hydroxylation is 1. The molecule has 0 radical (unpaired) electrons. The minimum absolute atomic E-state index is 0.0645. The molecular formula is C19H19N3O3. The lowest BCUT2D eigenvalue weighted by atomic mass is 10.1. The summed E-state index contributed by atoms with van der Waals surface area (Å²) in [6.45, 7) is 3.80. The Morgan fingerprint density at radius 3 is 2.68 bits per heavy atom. The molecule has 1 unspecified atom stereocenters. The van der Waals surface area contributed by atoms with Crippen molar-refractivity contribution < 1.29 is 14.4 Å². The van der Waals surface area contributed by atoms with E-state index < -0.39 is 0 Å². The normalized spacial score (nSPS) is 14.4. The lowest BCUT2D eigenvalue weighted by molar-refractivity contribution is -0.121. The zero-order valence-corrected chi connectivity index (χ0v) is 14.2. The number of nitrogens with zero attached hydrogens (tertiary/aromatic N) is 2. The number of pyridine rings is 1. The molecule has 2 aromatic rings. The van der Waals surface area contributed by atoms with Crippen molar-refractivity contribution >= 4 is 17.7 Å². The van der Waals surface area contributed by atoms with E-state index in [1.54, 1.807) is 36.7 Å². The summed E-state index contributed by atoms with van der Waals surface area (Å²) in [6, 6.07) is 8.67. The van der Waals surface area contributed by atoms with E-state index in [0.717, 1.165) is 16.0 Å². The number of imide groups is 1. The highest BCUT2D eigenvalue weighted by Crippen LogP contribution is 2.24. The predicted octanol–water partition coefficient (Wildman–Crippen LogP) is 2.25. The number of carbonyl (C=O) groups excluding carboxylic acids is 3. The second-order valence-corrected chi connectivity index (χ2v) is 6.14. The highest BCUT2D eigenvalue weighted by molar-refractivity contribution is 6.21. The first kappa shape index (κ1) is 16.8. The highest BCUT2D eigenvalue weighted by Gasteiger charge is 2.35. The molecule has 0 aliphatic carbocycles. The van der Waals surface area contributed by atoms with Gasteiger partial charge >= 0.3 is 0 Å². The number of nitrogens with one attached hydrogen (secondary N) is 1. The summed E-state index contributed by atoms with van der Waals surface area (Å²) in [5.41, 5.74) is 2.63. The third kappa shape index (κ3) is 3.42. The van der Waals surface area contributed by atoms with Gasteiger partial charge in [0.15, 0.2) is 0 Å². The van der Waals surface area contributed by atoms with Gasteiger partial charge in [-0.2, -0.15) is 0 Å². The Hall–Kier alpha value is -3.02. The van der Waals surface area contributed by atoms with E-state index >= 15 is 0 Å². The number of amides is 3. The van der Waals surface area contributed by atoms with Gasteiger partial charge < -0.3 is 5.32 Å². The molecule has 6 nitrogen and oxygen atoms in total. The van der Waals surface area contributed by atoms with E-state index in [2.05, 4.69) is 10.3 Å². The molecule has 1 aromatic heterocycles. The molecular weight excluding hydrogens is 318 g/mol. The summed E-state index contributed by atoms with van der Waals surface area (Å²) < 4.78 is 0. The van der Waals surface area contributed by atoms with E-state index in [1.807, 2.05) is 19.9 Å². The maximum absolute atomic E-state index is 12.4. The number of rotatable bonds is 5. The van der Waals surface area contributed by atoms with Gasteiger partial charge in [-0.3, -0.25) is 24.3 Å². The van der Waals surface area contributed by atoms with Crippen LogP contribution in [-0.2, 0) is 4.79 Å². The smallest absolute Gasteiger partial charge is 0.261 e. The fourth-order valence-corrected chi connectivity index (χ4v) is 2.85. The standard InChI is InChI=1S/C19H19N3O3/c1-12-5-6-15-16(10-12)19(25)22(18(15)24)9-7-17(23)21-13(2)14-4-3-8-20-11-14/h3-6,8,10-11,13H,7,9H2,1-2H3,(H,21,23). The molecule has 3 amide bonds. The lowest BCUT2D eigenvalue weighted by Gasteiger charge is -2.16. The van der Waals surface area contributed by atoms with E-state index in [4.69, 9.17) is 0 Å². The van der Waals surface area contributed by atoms with E-state index in [-0.39, 0.29) is 36.7 Å². The van der Waals surface area contributed by atoms with Crippen molar-refractivity contribution in [2.45, 2.75) is 26.3 Å². The molecule has 0 bridgehead atoms. The summed E-state index contributed by atoms with van der Waals surface area (Å²) in [5, 5.41) is 2.85. The maximum Gasteiger partial charge on any atom is 0.261 e. The quantitative estimate of drug-likeness (QED) is 0.849. The maximum atomic E-state index is 12.4.